The number of anilines is 2. The largest absolute Gasteiger partial charge is 0.490 e. The van der Waals surface area contributed by atoms with Crippen molar-refractivity contribution in [3.63, 3.8) is 0 Å². The molecule has 51 heavy (non-hydrogen) atoms. The Labute approximate surface area is 299 Å². The van der Waals surface area contributed by atoms with Gasteiger partial charge in [-0.25, -0.2) is 17.9 Å². The van der Waals surface area contributed by atoms with E-state index in [9.17, 15) is 32.0 Å². The van der Waals surface area contributed by atoms with Gasteiger partial charge >= 0.3 is 4.87 Å². The molecule has 1 saturated heterocycles. The van der Waals surface area contributed by atoms with Crippen molar-refractivity contribution in [1.82, 2.24) is 4.98 Å². The van der Waals surface area contributed by atoms with Crippen molar-refractivity contribution >= 4 is 62.2 Å². The molecule has 2 saturated carbocycles. The van der Waals surface area contributed by atoms with Crippen molar-refractivity contribution in [1.29, 1.82) is 0 Å². The first-order valence-corrected chi connectivity index (χ1v) is 19.5. The van der Waals surface area contributed by atoms with E-state index in [1.54, 1.807) is 17.8 Å². The zero-order chi connectivity index (χ0) is 35.8. The Hall–Kier alpha value is -4.51. The molecule has 8 rings (SSSR count). The number of carbonyl (C=O) groups is 3. The lowest BCUT2D eigenvalue weighted by Crippen LogP contribution is -2.42. The number of imide groups is 1. The Kier molecular flexibility index (Phi) is 8.32. The van der Waals surface area contributed by atoms with Crippen LogP contribution in [-0.4, -0.2) is 49.6 Å². The molecule has 2 aliphatic heterocycles. The number of fused-ring (bicyclic) bond motifs is 9. The van der Waals surface area contributed by atoms with Crippen LogP contribution in [0.4, 0.5) is 15.8 Å². The number of ether oxygens (including phenoxy) is 2. The predicted octanol–water partition coefficient (Wildman–Crippen LogP) is 4.32. The molecule has 1 aromatic heterocycles. The van der Waals surface area contributed by atoms with Crippen LogP contribution in [0, 0.1) is 35.4 Å². The highest BCUT2D eigenvalue weighted by Crippen LogP contribution is 2.68. The second-order valence-corrected chi connectivity index (χ2v) is 16.8. The average molecular weight is 751 g/mol. The topological polar surface area (TPSA) is 178 Å². The predicted molar refractivity (Wildman–Crippen MR) is 187 cm³/mol. The van der Waals surface area contributed by atoms with Crippen LogP contribution in [-0.2, 0) is 24.4 Å². The minimum absolute atomic E-state index is 0.0295. The smallest absolute Gasteiger partial charge is 0.305 e. The van der Waals surface area contributed by atoms with Gasteiger partial charge in [0.25, 0.3) is 5.91 Å². The van der Waals surface area contributed by atoms with Gasteiger partial charge in [0.15, 0.2) is 18.1 Å². The maximum absolute atomic E-state index is 14.0. The highest BCUT2D eigenvalue weighted by Gasteiger charge is 2.69. The van der Waals surface area contributed by atoms with Gasteiger partial charge in [-0.3, -0.25) is 24.1 Å². The van der Waals surface area contributed by atoms with E-state index >= 15 is 0 Å². The maximum Gasteiger partial charge on any atom is 0.305 e. The Morgan fingerprint density at radius 3 is 2.37 bits per heavy atom. The number of carbonyl (C=O) groups excluding carboxylic acids is 3. The standard InChI is InChI=1S/C35H31FN4O8S3/c1-2-47-24-13-16(3-12-23(24)48-15-25(41)38-18-6-10-20(11-7-18)51(37,45)46)26-27-21-14-22(30(27)49-32-31(26)50-35(44)39-32)29-28(21)33(42)40(34(29)43)19-8-4-17(36)5-9-19/h3-13,21-22,26-30H,2,14-15H2,1H3,(H,38,41)(H,39,44)(H2,37,45,46)/t21-,22-,26+,27-,28+,29+,30-/m1/s1. The fraction of sp³-hybridized carbons (Fsp3) is 0.314. The number of thioether (sulfide) groups is 1. The third-order valence-electron chi connectivity index (χ3n) is 10.3. The number of hydrogen-bond donors (Lipinski definition) is 3. The van der Waals surface area contributed by atoms with Gasteiger partial charge < -0.3 is 19.8 Å². The lowest BCUT2D eigenvalue weighted by Gasteiger charge is -2.43. The van der Waals surface area contributed by atoms with E-state index in [0.29, 0.717) is 35.9 Å². The first kappa shape index (κ1) is 33.6. The van der Waals surface area contributed by atoms with Gasteiger partial charge in [0.1, 0.15) is 5.82 Å². The van der Waals surface area contributed by atoms with Crippen LogP contribution in [0.2, 0.25) is 0 Å². The van der Waals surface area contributed by atoms with Crippen molar-refractivity contribution in [3.05, 3.63) is 92.7 Å². The number of halogens is 1. The number of rotatable bonds is 9. The minimum atomic E-state index is -3.87. The van der Waals surface area contributed by atoms with E-state index in [1.807, 2.05) is 19.1 Å². The Bertz CT molecular complexity index is 2240. The summed E-state index contributed by atoms with van der Waals surface area (Å²) in [6, 6.07) is 16.3. The highest BCUT2D eigenvalue weighted by molar-refractivity contribution is 8.00. The summed E-state index contributed by atoms with van der Waals surface area (Å²) in [5.41, 5.74) is 1.58. The van der Waals surface area contributed by atoms with Crippen LogP contribution in [0.3, 0.4) is 0 Å². The summed E-state index contributed by atoms with van der Waals surface area (Å²) in [5, 5.41) is 8.53. The van der Waals surface area contributed by atoms with E-state index in [-0.39, 0.29) is 57.1 Å². The van der Waals surface area contributed by atoms with Crippen LogP contribution >= 0.6 is 23.1 Å². The quantitative estimate of drug-likeness (QED) is 0.210. The van der Waals surface area contributed by atoms with Gasteiger partial charge in [-0.1, -0.05) is 17.4 Å². The van der Waals surface area contributed by atoms with Gasteiger partial charge in [-0.2, -0.15) is 0 Å². The fourth-order valence-electron chi connectivity index (χ4n) is 8.41. The maximum atomic E-state index is 14.0. The van der Waals surface area contributed by atoms with E-state index in [4.69, 9.17) is 14.6 Å². The second kappa shape index (κ2) is 12.6. The molecule has 3 aromatic carbocycles. The fourth-order valence-corrected chi connectivity index (χ4v) is 11.8. The summed E-state index contributed by atoms with van der Waals surface area (Å²) in [6.07, 6.45) is 0.710. The molecule has 12 nitrogen and oxygen atoms in total. The number of benzene rings is 3. The van der Waals surface area contributed by atoms with Gasteiger partial charge in [-0.15, -0.1) is 11.8 Å². The number of aromatic amines is 1. The van der Waals surface area contributed by atoms with Gasteiger partial charge in [-0.05, 0) is 97.3 Å². The van der Waals surface area contributed by atoms with Crippen molar-refractivity contribution in [2.75, 3.05) is 23.4 Å². The summed E-state index contributed by atoms with van der Waals surface area (Å²) < 4.78 is 48.6. The summed E-state index contributed by atoms with van der Waals surface area (Å²) in [7, 11) is -3.87. The molecule has 7 atom stereocenters. The molecule has 4 N–H and O–H groups in total. The average Bonchev–Trinajstić information content (AvgIpc) is 3.83. The number of nitrogens with two attached hydrogens (primary N) is 1. The number of nitrogens with zero attached hydrogens (tertiary/aromatic N) is 1. The molecule has 4 aliphatic rings. The first-order valence-electron chi connectivity index (χ1n) is 16.3. The number of aromatic nitrogens is 1. The Balaban J connectivity index is 1.07. The minimum Gasteiger partial charge on any atom is -0.490 e. The van der Waals surface area contributed by atoms with Crippen molar-refractivity contribution in [3.8, 4) is 11.5 Å². The molecular weight excluding hydrogens is 720 g/mol. The van der Waals surface area contributed by atoms with E-state index < -0.39 is 33.6 Å². The molecule has 0 unspecified atom stereocenters. The first-order chi connectivity index (χ1) is 24.4. The highest BCUT2D eigenvalue weighted by atomic mass is 32.2. The number of hydrogen-bond acceptors (Lipinski definition) is 10. The van der Waals surface area contributed by atoms with Crippen LogP contribution in [0.5, 0.6) is 11.5 Å². The van der Waals surface area contributed by atoms with Crippen molar-refractivity contribution in [2.45, 2.75) is 34.4 Å². The number of thiazole rings is 1. The number of amides is 3. The number of nitrogens with one attached hydrogen (secondary N) is 2. The molecule has 0 radical (unpaired) electrons. The summed E-state index contributed by atoms with van der Waals surface area (Å²) in [5.74, 6) is -2.28. The lowest BCUT2D eigenvalue weighted by molar-refractivity contribution is -0.123. The van der Waals surface area contributed by atoms with Gasteiger partial charge in [0, 0.05) is 21.7 Å². The molecule has 2 bridgehead atoms. The molecule has 2 aliphatic carbocycles. The van der Waals surface area contributed by atoms with E-state index in [2.05, 4.69) is 10.3 Å². The summed E-state index contributed by atoms with van der Waals surface area (Å²) in [4.78, 5) is 58.1. The SMILES string of the molecule is CCOc1cc([C@@H]2c3sc(=O)[nH]c3S[C@@H]3[C@@H]4C[C@@H]([C@@H]5C(=O)N(c6ccc(F)cc6)C(=O)[C@@H]45)[C@H]23)ccc1OCC(=O)Nc1ccc(S(N)(=O)=O)cc1. The van der Waals surface area contributed by atoms with E-state index in [0.717, 1.165) is 26.8 Å². The van der Waals surface area contributed by atoms with Crippen LogP contribution in [0.25, 0.3) is 0 Å². The van der Waals surface area contributed by atoms with E-state index in [1.165, 1.54) is 53.4 Å². The van der Waals surface area contributed by atoms with Crippen LogP contribution in [0.1, 0.15) is 29.7 Å². The molecule has 3 amide bonds. The number of sulfonamides is 1. The zero-order valence-corrected chi connectivity index (χ0v) is 29.4. The normalized spacial score (nSPS) is 26.1. The lowest BCUT2D eigenvalue weighted by atomic mass is 9.68. The summed E-state index contributed by atoms with van der Waals surface area (Å²) >= 11 is 2.72. The molecule has 16 heteroatoms. The Morgan fingerprint density at radius 2 is 1.69 bits per heavy atom. The third-order valence-corrected chi connectivity index (χ3v) is 13.8. The zero-order valence-electron chi connectivity index (χ0n) is 26.9. The van der Waals surface area contributed by atoms with Crippen LogP contribution < -0.4 is 29.7 Å². The molecule has 0 spiro atoms. The van der Waals surface area contributed by atoms with Crippen LogP contribution in [0.15, 0.2) is 81.4 Å². The molecule has 264 valence electrons. The second-order valence-electron chi connectivity index (χ2n) is 13.0. The Morgan fingerprint density at radius 1 is 0.980 bits per heavy atom. The molecule has 4 aromatic rings. The van der Waals surface area contributed by atoms with Gasteiger partial charge in [0.05, 0.1) is 34.1 Å². The van der Waals surface area contributed by atoms with Crippen molar-refractivity contribution < 1.29 is 36.7 Å². The van der Waals surface area contributed by atoms with Gasteiger partial charge in [0.2, 0.25) is 21.8 Å². The summed E-state index contributed by atoms with van der Waals surface area (Å²) in [6.45, 7) is 1.77. The third kappa shape index (κ3) is 5.73. The van der Waals surface area contributed by atoms with Crippen molar-refractivity contribution in [2.24, 2.45) is 34.7 Å². The molecule has 3 fully saturated rings. The molecular formula is C35H31FN4O8S3. The number of primary sulfonamides is 1. The molecule has 3 heterocycles. The number of H-pyrrole nitrogens is 1. The monoisotopic (exact) mass is 750 g/mol.